The minimum absolute atomic E-state index is 0.0974. The van der Waals surface area contributed by atoms with Crippen LogP contribution in [-0.2, 0) is 0 Å². The van der Waals surface area contributed by atoms with Gasteiger partial charge in [-0.1, -0.05) is 24.6 Å². The number of anilines is 1. The van der Waals surface area contributed by atoms with E-state index >= 15 is 0 Å². The summed E-state index contributed by atoms with van der Waals surface area (Å²) in [5.41, 5.74) is 12.6. The molecule has 1 aromatic carbocycles. The monoisotopic (exact) mass is 435 g/mol. The number of pyridine rings is 1. The van der Waals surface area contributed by atoms with Gasteiger partial charge in [-0.15, -0.1) is 0 Å². The van der Waals surface area contributed by atoms with Gasteiger partial charge in [0.2, 0.25) is 0 Å². The van der Waals surface area contributed by atoms with E-state index in [1.54, 1.807) is 6.20 Å². The quantitative estimate of drug-likeness (QED) is 0.447. The first kappa shape index (κ1) is 21.1. The molecule has 1 atom stereocenters. The fraction of sp³-hybridized carbons (Fsp3) is 0.292. The zero-order chi connectivity index (χ0) is 22.3. The van der Waals surface area contributed by atoms with Crippen LogP contribution in [0.2, 0.25) is 5.02 Å². The minimum Gasteiger partial charge on any atom is -0.493 e. The molecule has 0 aliphatic rings. The van der Waals surface area contributed by atoms with Crippen molar-refractivity contribution in [1.82, 2.24) is 19.4 Å². The SMILES string of the molecule is CCOc1c(C(C)c2nc(C)c3c(N)nccn23)cc(Cl)c(C)c1-c1ccc(C)nc1. The van der Waals surface area contributed by atoms with E-state index in [4.69, 9.17) is 27.1 Å². The molecule has 1 unspecified atom stereocenters. The Morgan fingerprint density at radius 2 is 1.97 bits per heavy atom. The van der Waals surface area contributed by atoms with Crippen molar-refractivity contribution in [3.63, 3.8) is 0 Å². The Balaban J connectivity index is 1.97. The predicted octanol–water partition coefficient (Wildman–Crippen LogP) is 5.50. The van der Waals surface area contributed by atoms with Gasteiger partial charge in [0.1, 0.15) is 22.9 Å². The van der Waals surface area contributed by atoms with Crippen LogP contribution in [0.3, 0.4) is 0 Å². The minimum atomic E-state index is -0.0974. The molecular formula is C24H26ClN5O. The third-order valence-electron chi connectivity index (χ3n) is 5.63. The highest BCUT2D eigenvalue weighted by Gasteiger charge is 2.25. The van der Waals surface area contributed by atoms with Crippen molar-refractivity contribution in [2.45, 2.75) is 40.5 Å². The average molecular weight is 436 g/mol. The second-order valence-electron chi connectivity index (χ2n) is 7.71. The summed E-state index contributed by atoms with van der Waals surface area (Å²) < 4.78 is 8.21. The predicted molar refractivity (Wildman–Crippen MR) is 125 cm³/mol. The number of nitrogens with two attached hydrogens (primary N) is 1. The molecule has 4 aromatic rings. The van der Waals surface area contributed by atoms with E-state index in [0.717, 1.165) is 50.7 Å². The van der Waals surface area contributed by atoms with E-state index in [9.17, 15) is 0 Å². The van der Waals surface area contributed by atoms with Crippen LogP contribution in [0.15, 0.2) is 36.8 Å². The number of ether oxygens (including phenoxy) is 1. The number of benzene rings is 1. The van der Waals surface area contributed by atoms with Crippen molar-refractivity contribution >= 4 is 22.9 Å². The van der Waals surface area contributed by atoms with Crippen molar-refractivity contribution in [2.75, 3.05) is 12.3 Å². The molecule has 0 amide bonds. The number of nitrogens with zero attached hydrogens (tertiary/aromatic N) is 4. The lowest BCUT2D eigenvalue weighted by Gasteiger charge is -2.22. The van der Waals surface area contributed by atoms with Gasteiger partial charge in [0.15, 0.2) is 0 Å². The molecule has 160 valence electrons. The molecule has 6 nitrogen and oxygen atoms in total. The molecule has 0 fully saturated rings. The van der Waals surface area contributed by atoms with Crippen LogP contribution in [0.5, 0.6) is 5.75 Å². The number of rotatable bonds is 5. The molecule has 2 N–H and O–H groups in total. The summed E-state index contributed by atoms with van der Waals surface area (Å²) in [4.78, 5) is 13.5. The van der Waals surface area contributed by atoms with Gasteiger partial charge in [0, 0.05) is 51.9 Å². The summed E-state index contributed by atoms with van der Waals surface area (Å²) in [5.74, 6) is 2.03. The smallest absolute Gasteiger partial charge is 0.149 e. The zero-order valence-electron chi connectivity index (χ0n) is 18.4. The van der Waals surface area contributed by atoms with Crippen LogP contribution >= 0.6 is 11.6 Å². The molecule has 4 rings (SSSR count). The fourth-order valence-electron chi connectivity index (χ4n) is 4.04. The molecule has 7 heteroatoms. The standard InChI is InChI=1S/C24H26ClN5O/c1-6-31-22-18(11-19(25)15(4)20(22)17-8-7-13(2)28-12-17)14(3)24-29-16(5)21-23(26)27-9-10-30(21)24/h7-12,14H,6H2,1-5H3,(H2,26,27). The number of fused-ring (bicyclic) bond motifs is 1. The van der Waals surface area contributed by atoms with Crippen molar-refractivity contribution in [3.05, 3.63) is 70.2 Å². The van der Waals surface area contributed by atoms with Crippen molar-refractivity contribution in [2.24, 2.45) is 0 Å². The van der Waals surface area contributed by atoms with Crippen molar-refractivity contribution < 1.29 is 4.74 Å². The van der Waals surface area contributed by atoms with Crippen LogP contribution in [0.4, 0.5) is 5.82 Å². The van der Waals surface area contributed by atoms with E-state index in [1.165, 1.54) is 0 Å². The summed E-state index contributed by atoms with van der Waals surface area (Å²) in [7, 11) is 0. The molecule has 3 aromatic heterocycles. The first-order valence-electron chi connectivity index (χ1n) is 10.3. The van der Waals surface area contributed by atoms with Gasteiger partial charge in [-0.05, 0) is 45.4 Å². The average Bonchev–Trinajstić information content (AvgIpc) is 3.09. The second kappa shape index (κ2) is 8.19. The number of halogens is 1. The molecule has 3 heterocycles. The third kappa shape index (κ3) is 3.61. The molecule has 0 saturated carbocycles. The van der Waals surface area contributed by atoms with Crippen LogP contribution in [0.1, 0.15) is 48.1 Å². The number of aryl methyl sites for hydroxylation is 2. The molecule has 0 aliphatic heterocycles. The number of hydrogen-bond donors (Lipinski definition) is 1. The maximum Gasteiger partial charge on any atom is 0.149 e. The summed E-state index contributed by atoms with van der Waals surface area (Å²) in [6.07, 6.45) is 5.44. The largest absolute Gasteiger partial charge is 0.493 e. The van der Waals surface area contributed by atoms with Crippen LogP contribution in [0, 0.1) is 20.8 Å². The molecule has 0 bridgehead atoms. The number of hydrogen-bond acceptors (Lipinski definition) is 5. The van der Waals surface area contributed by atoms with Gasteiger partial charge >= 0.3 is 0 Å². The molecule has 0 saturated heterocycles. The van der Waals surface area contributed by atoms with Gasteiger partial charge in [0.05, 0.1) is 12.3 Å². The van der Waals surface area contributed by atoms with Crippen LogP contribution < -0.4 is 10.5 Å². The highest BCUT2D eigenvalue weighted by atomic mass is 35.5. The van der Waals surface area contributed by atoms with E-state index in [-0.39, 0.29) is 5.92 Å². The number of aromatic nitrogens is 4. The van der Waals surface area contributed by atoms with Gasteiger partial charge < -0.3 is 10.5 Å². The summed E-state index contributed by atoms with van der Waals surface area (Å²) in [6, 6.07) is 6.04. The van der Waals surface area contributed by atoms with E-state index in [0.29, 0.717) is 17.4 Å². The van der Waals surface area contributed by atoms with Crippen LogP contribution in [-0.4, -0.2) is 26.0 Å². The van der Waals surface area contributed by atoms with E-state index in [1.807, 2.05) is 56.6 Å². The zero-order valence-corrected chi connectivity index (χ0v) is 19.2. The molecular weight excluding hydrogens is 410 g/mol. The lowest BCUT2D eigenvalue weighted by molar-refractivity contribution is 0.336. The Bertz CT molecular complexity index is 1260. The van der Waals surface area contributed by atoms with Crippen LogP contribution in [0.25, 0.3) is 16.6 Å². The van der Waals surface area contributed by atoms with Gasteiger partial charge in [-0.2, -0.15) is 0 Å². The Hall–Kier alpha value is -3.12. The summed E-state index contributed by atoms with van der Waals surface area (Å²) >= 11 is 6.72. The second-order valence-corrected chi connectivity index (χ2v) is 8.11. The summed E-state index contributed by atoms with van der Waals surface area (Å²) in [5, 5.41) is 0.680. The van der Waals surface area contributed by atoms with Gasteiger partial charge in [-0.3, -0.25) is 9.38 Å². The lowest BCUT2D eigenvalue weighted by Crippen LogP contribution is -2.08. The third-order valence-corrected chi connectivity index (χ3v) is 6.02. The van der Waals surface area contributed by atoms with E-state index < -0.39 is 0 Å². The molecule has 0 aliphatic carbocycles. The van der Waals surface area contributed by atoms with Crippen molar-refractivity contribution in [3.8, 4) is 16.9 Å². The number of imidazole rings is 1. The Kier molecular flexibility index (Phi) is 5.58. The molecule has 0 spiro atoms. The van der Waals surface area contributed by atoms with Gasteiger partial charge in [-0.25, -0.2) is 9.97 Å². The molecule has 31 heavy (non-hydrogen) atoms. The fourth-order valence-corrected chi connectivity index (χ4v) is 4.25. The maximum atomic E-state index is 6.72. The van der Waals surface area contributed by atoms with Crippen molar-refractivity contribution in [1.29, 1.82) is 0 Å². The Labute approximate surface area is 187 Å². The first-order valence-corrected chi connectivity index (χ1v) is 10.7. The highest BCUT2D eigenvalue weighted by molar-refractivity contribution is 6.32. The Morgan fingerprint density at radius 1 is 1.19 bits per heavy atom. The van der Waals surface area contributed by atoms with E-state index in [2.05, 4.69) is 23.0 Å². The maximum absolute atomic E-state index is 6.72. The molecule has 0 radical (unpaired) electrons. The number of nitrogen functional groups attached to an aromatic ring is 1. The van der Waals surface area contributed by atoms with Gasteiger partial charge in [0.25, 0.3) is 0 Å². The Morgan fingerprint density at radius 3 is 2.65 bits per heavy atom. The topological polar surface area (TPSA) is 78.3 Å². The summed E-state index contributed by atoms with van der Waals surface area (Å²) in [6.45, 7) is 10.5. The lowest BCUT2D eigenvalue weighted by atomic mass is 9.91. The highest BCUT2D eigenvalue weighted by Crippen LogP contribution is 2.44. The normalized spacial score (nSPS) is 12.3. The first-order chi connectivity index (χ1) is 14.8.